The van der Waals surface area contributed by atoms with Crippen molar-refractivity contribution in [2.45, 2.75) is 51.8 Å². The van der Waals surface area contributed by atoms with Gasteiger partial charge in [0.05, 0.1) is 12.7 Å². The van der Waals surface area contributed by atoms with Gasteiger partial charge < -0.3 is 4.74 Å². The predicted molar refractivity (Wildman–Crippen MR) is 62.6 cm³/mol. The first-order chi connectivity index (χ1) is 7.58. The molecule has 1 saturated heterocycles. The second kappa shape index (κ2) is 6.18. The number of nitrogens with zero attached hydrogens (tertiary/aromatic N) is 1. The van der Waals surface area contributed by atoms with E-state index in [9.17, 15) is 4.79 Å². The summed E-state index contributed by atoms with van der Waals surface area (Å²) in [5, 5.41) is 0. The lowest BCUT2D eigenvalue weighted by molar-refractivity contribution is -0.124. The van der Waals surface area contributed by atoms with Crippen LogP contribution in [0.1, 0.15) is 33.6 Å². The van der Waals surface area contributed by atoms with Crippen molar-refractivity contribution in [1.29, 1.82) is 0 Å². The molecule has 0 aromatic carbocycles. The van der Waals surface area contributed by atoms with Crippen LogP contribution >= 0.6 is 0 Å². The molecule has 1 heterocycles. The van der Waals surface area contributed by atoms with E-state index in [2.05, 4.69) is 31.1 Å². The van der Waals surface area contributed by atoms with Gasteiger partial charge in [0.25, 0.3) is 0 Å². The van der Waals surface area contributed by atoms with Gasteiger partial charge in [-0.2, -0.15) is 0 Å². The average molecular weight is 229 g/mol. The lowest BCUT2D eigenvalue weighted by Crippen LogP contribution is -2.53. The lowest BCUT2D eigenvalue weighted by atomic mass is 10.1. The van der Waals surface area contributed by atoms with Crippen LogP contribution in [0.5, 0.6) is 0 Å². The Labute approximate surface area is 97.3 Å². The van der Waals surface area contributed by atoms with Crippen LogP contribution in [-0.2, 0) is 9.53 Å². The number of amides is 1. The van der Waals surface area contributed by atoms with Gasteiger partial charge in [-0.05, 0) is 20.3 Å². The van der Waals surface area contributed by atoms with E-state index in [1.54, 1.807) is 0 Å². The second-order valence-electron chi connectivity index (χ2n) is 4.52. The van der Waals surface area contributed by atoms with Crippen LogP contribution in [0.2, 0.25) is 0 Å². The number of nitrogens with one attached hydrogen (secondary N) is 1. The number of carbonyl (C=O) groups excluding carboxylic acids is 1. The molecule has 0 aromatic rings. The Morgan fingerprint density at radius 3 is 2.94 bits per heavy atom. The molecular weight excluding hydrogens is 206 g/mol. The number of carbonyl (C=O) groups is 1. The first-order valence-corrected chi connectivity index (χ1v) is 5.95. The van der Waals surface area contributed by atoms with Crippen LogP contribution in [0, 0.1) is 0 Å². The average Bonchev–Trinajstić information content (AvgIpc) is 2.28. The van der Waals surface area contributed by atoms with Gasteiger partial charge in [-0.3, -0.25) is 15.1 Å². The summed E-state index contributed by atoms with van der Waals surface area (Å²) >= 11 is 0. The van der Waals surface area contributed by atoms with E-state index in [1.165, 1.54) is 0 Å². The molecule has 1 amide bonds. The lowest BCUT2D eigenvalue weighted by Gasteiger charge is -2.41. The van der Waals surface area contributed by atoms with E-state index in [0.29, 0.717) is 12.5 Å². The molecule has 94 valence electrons. The maximum absolute atomic E-state index is 11.2. The third kappa shape index (κ3) is 3.43. The summed E-state index contributed by atoms with van der Waals surface area (Å²) in [6.07, 6.45) is 1.73. The molecule has 3 unspecified atom stereocenters. The fourth-order valence-electron chi connectivity index (χ4n) is 2.21. The minimum atomic E-state index is -0.110. The van der Waals surface area contributed by atoms with E-state index < -0.39 is 0 Å². The number of ether oxygens (including phenoxy) is 1. The Kier molecular flexibility index (Phi) is 5.18. The Hall–Kier alpha value is -0.650. The molecular formula is C11H23N3O2. The molecule has 1 aliphatic rings. The molecule has 0 spiro atoms. The van der Waals surface area contributed by atoms with E-state index in [-0.39, 0.29) is 18.1 Å². The zero-order chi connectivity index (χ0) is 12.1. The summed E-state index contributed by atoms with van der Waals surface area (Å²) < 4.78 is 5.63. The van der Waals surface area contributed by atoms with Gasteiger partial charge in [0.15, 0.2) is 0 Å². The van der Waals surface area contributed by atoms with E-state index in [0.717, 1.165) is 19.6 Å². The monoisotopic (exact) mass is 229 g/mol. The molecule has 16 heavy (non-hydrogen) atoms. The van der Waals surface area contributed by atoms with Gasteiger partial charge in [0.1, 0.15) is 0 Å². The number of hydrogen-bond acceptors (Lipinski definition) is 4. The van der Waals surface area contributed by atoms with E-state index >= 15 is 0 Å². The Balaban J connectivity index is 2.55. The molecule has 1 aliphatic heterocycles. The predicted octanol–water partition coefficient (Wildman–Crippen LogP) is 0.254. The largest absolute Gasteiger partial charge is 0.376 e. The van der Waals surface area contributed by atoms with Crippen molar-refractivity contribution in [2.75, 3.05) is 13.2 Å². The second-order valence-corrected chi connectivity index (χ2v) is 4.52. The van der Waals surface area contributed by atoms with Gasteiger partial charge in [-0.15, -0.1) is 0 Å². The third-order valence-electron chi connectivity index (χ3n) is 3.19. The summed E-state index contributed by atoms with van der Waals surface area (Å²) in [7, 11) is 0. The highest BCUT2D eigenvalue weighted by atomic mass is 16.5. The molecule has 0 aliphatic carbocycles. The van der Waals surface area contributed by atoms with Gasteiger partial charge in [0, 0.05) is 25.0 Å². The minimum Gasteiger partial charge on any atom is -0.376 e. The van der Waals surface area contributed by atoms with Crippen LogP contribution < -0.4 is 11.3 Å². The third-order valence-corrected chi connectivity index (χ3v) is 3.19. The molecule has 0 saturated carbocycles. The van der Waals surface area contributed by atoms with Gasteiger partial charge in [0.2, 0.25) is 5.91 Å². The van der Waals surface area contributed by atoms with Crippen molar-refractivity contribution in [2.24, 2.45) is 5.84 Å². The highest BCUT2D eigenvalue weighted by molar-refractivity contribution is 5.75. The molecule has 5 nitrogen and oxygen atoms in total. The Bertz CT molecular complexity index is 235. The number of hydrogen-bond donors (Lipinski definition) is 2. The van der Waals surface area contributed by atoms with Crippen LogP contribution in [0.25, 0.3) is 0 Å². The summed E-state index contributed by atoms with van der Waals surface area (Å²) in [6.45, 7) is 7.92. The van der Waals surface area contributed by atoms with Crippen molar-refractivity contribution in [3.8, 4) is 0 Å². The zero-order valence-electron chi connectivity index (χ0n) is 10.4. The fraction of sp³-hybridized carbons (Fsp3) is 0.909. The number of rotatable bonds is 4. The van der Waals surface area contributed by atoms with Gasteiger partial charge in [-0.25, -0.2) is 5.84 Å². The van der Waals surface area contributed by atoms with E-state index in [1.807, 2.05) is 0 Å². The van der Waals surface area contributed by atoms with Crippen LogP contribution in [-0.4, -0.2) is 42.1 Å². The first-order valence-electron chi connectivity index (χ1n) is 5.95. The number of hydrazine groups is 1. The van der Waals surface area contributed by atoms with Crippen molar-refractivity contribution >= 4 is 5.91 Å². The smallest absolute Gasteiger partial charge is 0.235 e. The maximum Gasteiger partial charge on any atom is 0.235 e. The Morgan fingerprint density at radius 1 is 1.69 bits per heavy atom. The maximum atomic E-state index is 11.2. The normalized spacial score (nSPS) is 28.8. The molecule has 3 N–H and O–H groups in total. The summed E-state index contributed by atoms with van der Waals surface area (Å²) in [6, 6.07) is 0.622. The topological polar surface area (TPSA) is 67.6 Å². The summed E-state index contributed by atoms with van der Waals surface area (Å²) in [5.74, 6) is 4.99. The fourth-order valence-corrected chi connectivity index (χ4v) is 2.21. The molecule has 3 atom stereocenters. The SMILES string of the molecule is CCC1COC(C)CN1C(C)CC(=O)NN. The number of nitrogens with two attached hydrogens (primary N) is 1. The molecule has 1 fully saturated rings. The van der Waals surface area contributed by atoms with Gasteiger partial charge in [-0.1, -0.05) is 6.92 Å². The van der Waals surface area contributed by atoms with Crippen molar-refractivity contribution in [3.05, 3.63) is 0 Å². The Morgan fingerprint density at radius 2 is 2.38 bits per heavy atom. The van der Waals surface area contributed by atoms with Crippen molar-refractivity contribution < 1.29 is 9.53 Å². The van der Waals surface area contributed by atoms with Crippen LogP contribution in [0.3, 0.4) is 0 Å². The van der Waals surface area contributed by atoms with Crippen molar-refractivity contribution in [1.82, 2.24) is 10.3 Å². The highest BCUT2D eigenvalue weighted by Gasteiger charge is 2.29. The number of morpholine rings is 1. The highest BCUT2D eigenvalue weighted by Crippen LogP contribution is 2.18. The molecule has 1 rings (SSSR count). The van der Waals surface area contributed by atoms with E-state index in [4.69, 9.17) is 10.6 Å². The molecule has 5 heteroatoms. The van der Waals surface area contributed by atoms with Crippen LogP contribution in [0.4, 0.5) is 0 Å². The van der Waals surface area contributed by atoms with Gasteiger partial charge >= 0.3 is 0 Å². The minimum absolute atomic E-state index is 0.110. The quantitative estimate of drug-likeness (QED) is 0.412. The summed E-state index contributed by atoms with van der Waals surface area (Å²) in [4.78, 5) is 13.6. The standard InChI is InChI=1S/C11H23N3O2/c1-4-10-7-16-9(3)6-14(10)8(2)5-11(15)13-12/h8-10H,4-7,12H2,1-3H3,(H,13,15). The first kappa shape index (κ1) is 13.4. The molecule has 0 radical (unpaired) electrons. The molecule has 0 aromatic heterocycles. The zero-order valence-corrected chi connectivity index (χ0v) is 10.4. The van der Waals surface area contributed by atoms with Crippen molar-refractivity contribution in [3.63, 3.8) is 0 Å². The molecule has 0 bridgehead atoms. The van der Waals surface area contributed by atoms with Crippen LogP contribution in [0.15, 0.2) is 0 Å². The summed E-state index contributed by atoms with van der Waals surface area (Å²) in [5.41, 5.74) is 2.18.